The molecule has 0 aliphatic heterocycles. The van der Waals surface area contributed by atoms with E-state index < -0.39 is 0 Å². The van der Waals surface area contributed by atoms with Crippen molar-refractivity contribution in [3.63, 3.8) is 0 Å². The summed E-state index contributed by atoms with van der Waals surface area (Å²) in [6.07, 6.45) is 0.959. The molecule has 17 heavy (non-hydrogen) atoms. The summed E-state index contributed by atoms with van der Waals surface area (Å²) in [6, 6.07) is 8.40. The van der Waals surface area contributed by atoms with E-state index >= 15 is 0 Å². The number of hydrogen-bond donors (Lipinski definition) is 1. The molecule has 1 N–H and O–H groups in total. The lowest BCUT2D eigenvalue weighted by atomic mass is 10.3. The molecule has 0 unspecified atom stereocenters. The summed E-state index contributed by atoms with van der Waals surface area (Å²) < 4.78 is 7.95. The van der Waals surface area contributed by atoms with Crippen LogP contribution in [0.25, 0.3) is 10.2 Å². The smallest absolute Gasteiger partial charge is 0.220 e. The molecular weight excluding hydrogens is 258 g/mol. The van der Waals surface area contributed by atoms with E-state index in [0.29, 0.717) is 0 Å². The molecular formula is C11H14NO3S2+. The quantitative estimate of drug-likeness (QED) is 0.289. The highest BCUT2D eigenvalue weighted by atomic mass is 32.2. The molecule has 0 aliphatic rings. The maximum Gasteiger partial charge on any atom is 0.235 e. The van der Waals surface area contributed by atoms with Gasteiger partial charge in [0.25, 0.3) is 0 Å². The number of thiazole rings is 1. The molecule has 1 aromatic heterocycles. The topological polar surface area (TPSA) is 42.6 Å². The number of para-hydroxylation sites is 1. The molecule has 6 heteroatoms. The molecule has 0 atom stereocenters. The van der Waals surface area contributed by atoms with Crippen molar-refractivity contribution in [2.45, 2.75) is 19.9 Å². The number of rotatable bonds is 6. The molecule has 0 bridgehead atoms. The number of nitrogens with zero attached hydrogens (tertiary/aromatic N) is 1. The first-order valence-electron chi connectivity index (χ1n) is 5.30. The third-order valence-corrected chi connectivity index (χ3v) is 4.18. The van der Waals surface area contributed by atoms with Crippen molar-refractivity contribution in [3.05, 3.63) is 29.3 Å². The van der Waals surface area contributed by atoms with Gasteiger partial charge in [0, 0.05) is 37.2 Å². The summed E-state index contributed by atoms with van der Waals surface area (Å²) in [7, 11) is 0. The molecule has 0 fully saturated rings. The van der Waals surface area contributed by atoms with Crippen LogP contribution in [-0.2, 0) is 15.9 Å². The van der Waals surface area contributed by atoms with Crippen LogP contribution in [0.15, 0.2) is 24.3 Å². The standard InChI is InChI=1S/C11H13NO3S2/c1-9-12(7-4-8-16-15-14-13)10-5-2-3-6-11(10)17-9/h2-3,5-6H,4,7-8H2,1H3/p+1. The fraction of sp³-hybridized carbons (Fsp3) is 0.364. The second kappa shape index (κ2) is 6.32. The van der Waals surface area contributed by atoms with Crippen molar-refractivity contribution in [1.29, 1.82) is 0 Å². The lowest BCUT2D eigenvalue weighted by molar-refractivity contribution is -0.672. The van der Waals surface area contributed by atoms with Gasteiger partial charge in [-0.05, 0) is 6.07 Å². The fourth-order valence-corrected chi connectivity index (χ4v) is 3.17. The number of aryl methyl sites for hydroxylation is 2. The maximum atomic E-state index is 7.99. The van der Waals surface area contributed by atoms with E-state index in [1.54, 1.807) is 0 Å². The molecule has 0 aliphatic carbocycles. The van der Waals surface area contributed by atoms with Gasteiger partial charge in [-0.25, -0.2) is 5.26 Å². The maximum absolute atomic E-state index is 7.99. The minimum Gasteiger partial charge on any atom is -0.220 e. The average molecular weight is 272 g/mol. The second-order valence-electron chi connectivity index (χ2n) is 3.56. The Bertz CT molecular complexity index is 487. The molecule has 0 saturated heterocycles. The van der Waals surface area contributed by atoms with E-state index in [1.807, 2.05) is 11.3 Å². The molecule has 2 rings (SSSR count). The van der Waals surface area contributed by atoms with E-state index in [4.69, 9.17) is 5.26 Å². The highest BCUT2D eigenvalue weighted by Crippen LogP contribution is 2.19. The van der Waals surface area contributed by atoms with E-state index in [2.05, 4.69) is 45.1 Å². The first-order valence-corrected chi connectivity index (χ1v) is 7.03. The Morgan fingerprint density at radius 2 is 2.24 bits per heavy atom. The lowest BCUT2D eigenvalue weighted by Gasteiger charge is -1.97. The van der Waals surface area contributed by atoms with E-state index in [-0.39, 0.29) is 0 Å². The fourth-order valence-electron chi connectivity index (χ4n) is 1.77. The summed E-state index contributed by atoms with van der Waals surface area (Å²) in [5, 5.41) is 12.8. The number of hydrogen-bond acceptors (Lipinski definition) is 5. The van der Waals surface area contributed by atoms with Gasteiger partial charge in [0.2, 0.25) is 10.5 Å². The monoisotopic (exact) mass is 272 g/mol. The van der Waals surface area contributed by atoms with Crippen molar-refractivity contribution in [1.82, 2.24) is 0 Å². The van der Waals surface area contributed by atoms with Gasteiger partial charge in [-0.15, -0.1) is 4.33 Å². The zero-order valence-corrected chi connectivity index (χ0v) is 11.1. The Kier molecular flexibility index (Phi) is 4.75. The van der Waals surface area contributed by atoms with Gasteiger partial charge < -0.3 is 0 Å². The molecule has 4 nitrogen and oxygen atoms in total. The van der Waals surface area contributed by atoms with Gasteiger partial charge in [-0.2, -0.15) is 4.57 Å². The van der Waals surface area contributed by atoms with E-state index in [1.165, 1.54) is 15.2 Å². The predicted octanol–water partition coefficient (Wildman–Crippen LogP) is 2.96. The van der Waals surface area contributed by atoms with Crippen LogP contribution < -0.4 is 4.57 Å². The normalized spacial score (nSPS) is 11.2. The van der Waals surface area contributed by atoms with Crippen LogP contribution in [0.1, 0.15) is 11.4 Å². The van der Waals surface area contributed by atoms with Gasteiger partial charge in [0.05, 0.1) is 0 Å². The Labute approximate surface area is 108 Å². The third-order valence-electron chi connectivity index (χ3n) is 2.48. The minimum absolute atomic E-state index is 0.775. The minimum atomic E-state index is 0.775. The zero-order valence-electron chi connectivity index (χ0n) is 9.46. The van der Waals surface area contributed by atoms with Crippen LogP contribution >= 0.6 is 23.4 Å². The van der Waals surface area contributed by atoms with Crippen LogP contribution in [0.4, 0.5) is 0 Å². The van der Waals surface area contributed by atoms with Gasteiger partial charge in [-0.1, -0.05) is 28.5 Å². The molecule has 0 amide bonds. The Morgan fingerprint density at radius 3 is 3.06 bits per heavy atom. The zero-order chi connectivity index (χ0) is 12.1. The van der Waals surface area contributed by atoms with E-state index in [9.17, 15) is 0 Å². The number of fused-ring (bicyclic) bond motifs is 1. The van der Waals surface area contributed by atoms with Crippen LogP contribution in [0.5, 0.6) is 0 Å². The van der Waals surface area contributed by atoms with E-state index in [0.717, 1.165) is 30.8 Å². The molecule has 1 aromatic carbocycles. The molecule has 1 heterocycles. The average Bonchev–Trinajstić information content (AvgIpc) is 2.65. The van der Waals surface area contributed by atoms with Crippen molar-refractivity contribution in [2.75, 3.05) is 5.75 Å². The molecule has 0 spiro atoms. The van der Waals surface area contributed by atoms with Crippen molar-refractivity contribution in [2.24, 2.45) is 0 Å². The molecule has 0 saturated carbocycles. The summed E-state index contributed by atoms with van der Waals surface area (Å²) >= 11 is 2.91. The van der Waals surface area contributed by atoms with Gasteiger partial charge in [0.15, 0.2) is 6.54 Å². The second-order valence-corrected chi connectivity index (χ2v) is 5.57. The summed E-state index contributed by atoms with van der Waals surface area (Å²) in [6.45, 7) is 3.07. The predicted molar refractivity (Wildman–Crippen MR) is 68.6 cm³/mol. The highest BCUT2D eigenvalue weighted by molar-refractivity contribution is 7.94. The molecule has 0 radical (unpaired) electrons. The van der Waals surface area contributed by atoms with Crippen LogP contribution in [0, 0.1) is 6.92 Å². The Morgan fingerprint density at radius 1 is 1.41 bits per heavy atom. The molecule has 92 valence electrons. The number of benzene rings is 1. The number of aromatic nitrogens is 1. The molecule has 2 aromatic rings. The Hall–Kier alpha value is -0.660. The van der Waals surface area contributed by atoms with Crippen molar-refractivity contribution >= 4 is 33.6 Å². The van der Waals surface area contributed by atoms with Gasteiger partial charge in [-0.3, -0.25) is 0 Å². The first-order chi connectivity index (χ1) is 8.33. The summed E-state index contributed by atoms with van der Waals surface area (Å²) in [4.78, 5) is 0. The summed E-state index contributed by atoms with van der Waals surface area (Å²) in [5.74, 6) is 0.775. The van der Waals surface area contributed by atoms with Crippen molar-refractivity contribution < 1.29 is 19.2 Å². The first kappa shape index (κ1) is 12.8. The Balaban J connectivity index is 2.00. The van der Waals surface area contributed by atoms with Gasteiger partial charge in [0.1, 0.15) is 4.70 Å². The van der Waals surface area contributed by atoms with Crippen LogP contribution in [-0.4, -0.2) is 11.0 Å². The van der Waals surface area contributed by atoms with Crippen LogP contribution in [0.3, 0.4) is 0 Å². The summed E-state index contributed by atoms with van der Waals surface area (Å²) in [5.41, 5.74) is 1.28. The third kappa shape index (κ3) is 3.17. The SMILES string of the molecule is Cc1sc2ccccc2[n+]1CCCSOOO. The van der Waals surface area contributed by atoms with Crippen LogP contribution in [0.2, 0.25) is 0 Å². The largest absolute Gasteiger partial charge is 0.235 e. The lowest BCUT2D eigenvalue weighted by Crippen LogP contribution is -2.35. The highest BCUT2D eigenvalue weighted by Gasteiger charge is 2.15. The van der Waals surface area contributed by atoms with Crippen molar-refractivity contribution in [3.8, 4) is 0 Å². The van der Waals surface area contributed by atoms with Gasteiger partial charge >= 0.3 is 0 Å².